The number of piperidine rings is 1. The van der Waals surface area contributed by atoms with E-state index in [2.05, 4.69) is 34.8 Å². The molecule has 1 fully saturated rings. The summed E-state index contributed by atoms with van der Waals surface area (Å²) in [5.74, 6) is 0.986. The van der Waals surface area contributed by atoms with Crippen LogP contribution in [-0.2, 0) is 0 Å². The molecular formula is C12H19N3S. The van der Waals surface area contributed by atoms with Gasteiger partial charge in [-0.25, -0.2) is 4.98 Å². The second-order valence-corrected chi connectivity index (χ2v) is 5.05. The first-order valence-corrected chi connectivity index (χ1v) is 6.37. The first-order valence-electron chi connectivity index (χ1n) is 5.85. The van der Waals surface area contributed by atoms with Gasteiger partial charge in [-0.1, -0.05) is 6.07 Å². The van der Waals surface area contributed by atoms with Crippen molar-refractivity contribution in [1.29, 1.82) is 0 Å². The molecule has 2 heterocycles. The lowest BCUT2D eigenvalue weighted by Gasteiger charge is -2.34. The average molecular weight is 237 g/mol. The number of thiol groups is 1. The quantitative estimate of drug-likeness (QED) is 0.790. The highest BCUT2D eigenvalue weighted by molar-refractivity contribution is 7.80. The summed E-state index contributed by atoms with van der Waals surface area (Å²) in [5.41, 5.74) is 0. The molecule has 1 aromatic rings. The molecule has 0 saturated carbocycles. The fourth-order valence-corrected chi connectivity index (χ4v) is 2.31. The Kier molecular flexibility index (Phi) is 4.07. The number of aromatic nitrogens is 1. The maximum atomic E-state index is 4.46. The molecule has 0 aromatic carbocycles. The SMILES string of the molecule is CC(S)N1CCC(Nc2ccccn2)CC1. The maximum Gasteiger partial charge on any atom is 0.126 e. The summed E-state index contributed by atoms with van der Waals surface area (Å²) in [6.45, 7) is 4.37. The zero-order chi connectivity index (χ0) is 11.4. The fourth-order valence-electron chi connectivity index (χ4n) is 2.07. The largest absolute Gasteiger partial charge is 0.367 e. The number of likely N-dealkylation sites (tertiary alicyclic amines) is 1. The number of anilines is 1. The van der Waals surface area contributed by atoms with Gasteiger partial charge in [0, 0.05) is 30.7 Å². The minimum atomic E-state index is 0.371. The highest BCUT2D eigenvalue weighted by Gasteiger charge is 2.20. The normalized spacial score (nSPS) is 20.6. The van der Waals surface area contributed by atoms with Crippen LogP contribution in [0.1, 0.15) is 19.8 Å². The van der Waals surface area contributed by atoms with E-state index < -0.39 is 0 Å². The second-order valence-electron chi connectivity index (χ2n) is 4.30. The molecule has 1 atom stereocenters. The molecule has 0 bridgehead atoms. The number of hydrogen-bond acceptors (Lipinski definition) is 4. The summed E-state index contributed by atoms with van der Waals surface area (Å²) >= 11 is 4.46. The Balaban J connectivity index is 1.82. The van der Waals surface area contributed by atoms with Gasteiger partial charge in [0.1, 0.15) is 5.82 Å². The van der Waals surface area contributed by atoms with Crippen molar-refractivity contribution in [3.8, 4) is 0 Å². The lowest BCUT2D eigenvalue weighted by atomic mass is 10.1. The van der Waals surface area contributed by atoms with Crippen molar-refractivity contribution >= 4 is 18.4 Å². The fraction of sp³-hybridized carbons (Fsp3) is 0.583. The minimum absolute atomic E-state index is 0.371. The molecule has 3 nitrogen and oxygen atoms in total. The van der Waals surface area contributed by atoms with E-state index in [-0.39, 0.29) is 0 Å². The van der Waals surface area contributed by atoms with Crippen LogP contribution in [0.15, 0.2) is 24.4 Å². The minimum Gasteiger partial charge on any atom is -0.367 e. The van der Waals surface area contributed by atoms with Crippen LogP contribution in [0, 0.1) is 0 Å². The molecule has 2 rings (SSSR count). The number of rotatable bonds is 3. The van der Waals surface area contributed by atoms with E-state index in [1.54, 1.807) is 0 Å². The predicted octanol–water partition coefficient (Wildman–Crippen LogP) is 2.23. The molecular weight excluding hydrogens is 218 g/mol. The van der Waals surface area contributed by atoms with E-state index in [1.165, 1.54) is 12.8 Å². The Labute approximate surface area is 103 Å². The molecule has 0 radical (unpaired) electrons. The van der Waals surface area contributed by atoms with Crippen LogP contribution < -0.4 is 5.32 Å². The van der Waals surface area contributed by atoms with Crippen molar-refractivity contribution in [2.45, 2.75) is 31.2 Å². The topological polar surface area (TPSA) is 28.2 Å². The second kappa shape index (κ2) is 5.55. The zero-order valence-corrected chi connectivity index (χ0v) is 10.5. The summed E-state index contributed by atoms with van der Waals surface area (Å²) in [7, 11) is 0. The summed E-state index contributed by atoms with van der Waals surface area (Å²) in [4.78, 5) is 6.69. The smallest absolute Gasteiger partial charge is 0.126 e. The van der Waals surface area contributed by atoms with Gasteiger partial charge in [-0.3, -0.25) is 4.90 Å². The summed E-state index contributed by atoms with van der Waals surface area (Å²) in [5, 5.41) is 3.85. The van der Waals surface area contributed by atoms with E-state index in [0.29, 0.717) is 11.4 Å². The molecule has 0 spiro atoms. The van der Waals surface area contributed by atoms with Gasteiger partial charge < -0.3 is 5.32 Å². The average Bonchev–Trinajstić information content (AvgIpc) is 2.31. The first-order chi connectivity index (χ1) is 7.75. The van der Waals surface area contributed by atoms with Crippen molar-refractivity contribution in [2.75, 3.05) is 18.4 Å². The first kappa shape index (κ1) is 11.7. The Morgan fingerprint density at radius 2 is 2.19 bits per heavy atom. The lowest BCUT2D eigenvalue weighted by molar-refractivity contribution is 0.214. The molecule has 1 N–H and O–H groups in total. The van der Waals surface area contributed by atoms with Crippen molar-refractivity contribution < 1.29 is 0 Å². The van der Waals surface area contributed by atoms with E-state index in [0.717, 1.165) is 18.9 Å². The summed E-state index contributed by atoms with van der Waals surface area (Å²) in [6, 6.07) is 6.53. The highest BCUT2D eigenvalue weighted by atomic mass is 32.1. The Hall–Kier alpha value is -0.740. The van der Waals surface area contributed by atoms with Gasteiger partial charge >= 0.3 is 0 Å². The molecule has 16 heavy (non-hydrogen) atoms. The van der Waals surface area contributed by atoms with E-state index in [4.69, 9.17) is 0 Å². The van der Waals surface area contributed by atoms with Crippen LogP contribution in [0.3, 0.4) is 0 Å². The van der Waals surface area contributed by atoms with Crippen LogP contribution in [-0.4, -0.2) is 34.4 Å². The van der Waals surface area contributed by atoms with Crippen LogP contribution in [0.4, 0.5) is 5.82 Å². The van der Waals surface area contributed by atoms with Gasteiger partial charge in [0.2, 0.25) is 0 Å². The number of nitrogens with zero attached hydrogens (tertiary/aromatic N) is 2. The molecule has 88 valence electrons. The van der Waals surface area contributed by atoms with Crippen molar-refractivity contribution in [1.82, 2.24) is 9.88 Å². The number of nitrogens with one attached hydrogen (secondary N) is 1. The van der Waals surface area contributed by atoms with Crippen LogP contribution in [0.5, 0.6) is 0 Å². The van der Waals surface area contributed by atoms with Gasteiger partial charge in [0.15, 0.2) is 0 Å². The molecule has 0 amide bonds. The van der Waals surface area contributed by atoms with Gasteiger partial charge in [0.25, 0.3) is 0 Å². The molecule has 1 aliphatic heterocycles. The van der Waals surface area contributed by atoms with E-state index in [9.17, 15) is 0 Å². The molecule has 1 saturated heterocycles. The van der Waals surface area contributed by atoms with Crippen LogP contribution in [0.25, 0.3) is 0 Å². The maximum absolute atomic E-state index is 4.46. The van der Waals surface area contributed by atoms with Crippen molar-refractivity contribution in [3.05, 3.63) is 24.4 Å². The zero-order valence-electron chi connectivity index (χ0n) is 9.63. The van der Waals surface area contributed by atoms with E-state index >= 15 is 0 Å². The van der Waals surface area contributed by atoms with Crippen molar-refractivity contribution in [2.24, 2.45) is 0 Å². The Morgan fingerprint density at radius 1 is 1.44 bits per heavy atom. The number of hydrogen-bond donors (Lipinski definition) is 2. The molecule has 1 unspecified atom stereocenters. The Morgan fingerprint density at radius 3 is 2.75 bits per heavy atom. The molecule has 1 aromatic heterocycles. The standard InChI is InChI=1S/C12H19N3S/c1-10(16)15-8-5-11(6-9-15)14-12-4-2-3-7-13-12/h2-4,7,10-11,16H,5-6,8-9H2,1H3,(H,13,14). The molecule has 1 aliphatic rings. The third-order valence-electron chi connectivity index (χ3n) is 3.07. The molecule has 4 heteroatoms. The Bertz CT molecular complexity index is 307. The lowest BCUT2D eigenvalue weighted by Crippen LogP contribution is -2.41. The van der Waals surface area contributed by atoms with Crippen LogP contribution in [0.2, 0.25) is 0 Å². The predicted molar refractivity (Wildman–Crippen MR) is 70.9 cm³/mol. The third kappa shape index (κ3) is 3.12. The van der Waals surface area contributed by atoms with E-state index in [1.807, 2.05) is 24.4 Å². The monoisotopic (exact) mass is 237 g/mol. The number of pyridine rings is 1. The van der Waals surface area contributed by atoms with Crippen molar-refractivity contribution in [3.63, 3.8) is 0 Å². The van der Waals surface area contributed by atoms with Gasteiger partial charge in [-0.15, -0.1) is 0 Å². The van der Waals surface area contributed by atoms with Gasteiger partial charge in [0.05, 0.1) is 0 Å². The summed E-state index contributed by atoms with van der Waals surface area (Å²) < 4.78 is 0. The van der Waals surface area contributed by atoms with Crippen LogP contribution >= 0.6 is 12.6 Å². The highest BCUT2D eigenvalue weighted by Crippen LogP contribution is 2.17. The van der Waals surface area contributed by atoms with Gasteiger partial charge in [-0.2, -0.15) is 12.6 Å². The third-order valence-corrected chi connectivity index (χ3v) is 3.40. The van der Waals surface area contributed by atoms with Gasteiger partial charge in [-0.05, 0) is 31.9 Å². The molecule has 0 aliphatic carbocycles. The summed E-state index contributed by atoms with van der Waals surface area (Å²) in [6.07, 6.45) is 4.16.